The maximum absolute atomic E-state index is 13.4. The summed E-state index contributed by atoms with van der Waals surface area (Å²) in [6.07, 6.45) is 3.55. The van der Waals surface area contributed by atoms with E-state index in [4.69, 9.17) is 0 Å². The van der Waals surface area contributed by atoms with E-state index in [0.717, 1.165) is 38.7 Å². The molecule has 2 aromatic carbocycles. The average molecular weight is 424 g/mol. The summed E-state index contributed by atoms with van der Waals surface area (Å²) in [5.74, 6) is -1.44. The summed E-state index contributed by atoms with van der Waals surface area (Å²) in [5.41, 5.74) is 2.58. The summed E-state index contributed by atoms with van der Waals surface area (Å²) in [6, 6.07) is 14.1. The number of ether oxygens (including phenoxy) is 1. The average Bonchev–Trinajstić information content (AvgIpc) is 3.23. The Labute approximate surface area is 175 Å². The number of hydrogen-bond donors (Lipinski definition) is 0. The summed E-state index contributed by atoms with van der Waals surface area (Å²) in [5, 5.41) is 0.452. The molecule has 0 bridgehead atoms. The fraction of sp³-hybridized carbons (Fsp3) is 0.136. The van der Waals surface area contributed by atoms with E-state index in [1.807, 2.05) is 41.1 Å². The van der Waals surface area contributed by atoms with Gasteiger partial charge < -0.3 is 9.30 Å². The van der Waals surface area contributed by atoms with Crippen LogP contribution in [0.15, 0.2) is 59.6 Å². The van der Waals surface area contributed by atoms with Crippen LogP contribution in [0.4, 0.5) is 9.18 Å². The maximum atomic E-state index is 13.4. The van der Waals surface area contributed by atoms with E-state index in [2.05, 4.69) is 4.74 Å². The second-order valence-corrected chi connectivity index (χ2v) is 7.73. The molecular weight excluding hydrogens is 407 g/mol. The van der Waals surface area contributed by atoms with Gasteiger partial charge in [0.15, 0.2) is 0 Å². The minimum atomic E-state index is -0.653. The number of carbonyl (C=O) groups is 3. The summed E-state index contributed by atoms with van der Waals surface area (Å²) in [4.78, 5) is 37.0. The molecule has 0 aliphatic carbocycles. The fourth-order valence-corrected chi connectivity index (χ4v) is 4.10. The highest BCUT2D eigenvalue weighted by Crippen LogP contribution is 2.32. The third-order valence-electron chi connectivity index (χ3n) is 4.72. The number of hydrogen-bond acceptors (Lipinski definition) is 5. The zero-order chi connectivity index (χ0) is 21.3. The molecule has 4 rings (SSSR count). The van der Waals surface area contributed by atoms with Gasteiger partial charge in [-0.2, -0.15) is 0 Å². The molecular formula is C22H17FN2O4S. The van der Waals surface area contributed by atoms with Crippen molar-refractivity contribution in [1.82, 2.24) is 9.47 Å². The first-order chi connectivity index (χ1) is 14.4. The van der Waals surface area contributed by atoms with Gasteiger partial charge in [-0.05, 0) is 59.3 Å². The number of aromatic nitrogens is 1. The Hall–Kier alpha value is -3.39. The quantitative estimate of drug-likeness (QED) is 0.457. The van der Waals surface area contributed by atoms with Crippen LogP contribution in [0.5, 0.6) is 0 Å². The van der Waals surface area contributed by atoms with Crippen LogP contribution in [-0.4, -0.2) is 40.2 Å². The van der Waals surface area contributed by atoms with Crippen LogP contribution in [0, 0.1) is 5.82 Å². The normalized spacial score (nSPS) is 15.4. The van der Waals surface area contributed by atoms with Crippen molar-refractivity contribution in [2.24, 2.45) is 0 Å². The topological polar surface area (TPSA) is 68.6 Å². The van der Waals surface area contributed by atoms with Gasteiger partial charge in [0.1, 0.15) is 12.4 Å². The molecule has 8 heteroatoms. The highest BCUT2D eigenvalue weighted by molar-refractivity contribution is 8.18. The molecule has 1 aromatic heterocycles. The van der Waals surface area contributed by atoms with E-state index in [0.29, 0.717) is 6.54 Å². The molecule has 1 aliphatic rings. The van der Waals surface area contributed by atoms with Crippen LogP contribution in [0.3, 0.4) is 0 Å². The molecule has 1 saturated heterocycles. The number of amides is 2. The Morgan fingerprint density at radius 3 is 2.77 bits per heavy atom. The van der Waals surface area contributed by atoms with E-state index in [1.54, 1.807) is 12.1 Å². The lowest BCUT2D eigenvalue weighted by Crippen LogP contribution is -2.34. The minimum absolute atomic E-state index is 0.252. The van der Waals surface area contributed by atoms with Gasteiger partial charge in [-0.25, -0.2) is 4.39 Å². The van der Waals surface area contributed by atoms with Gasteiger partial charge >= 0.3 is 5.97 Å². The molecule has 0 radical (unpaired) electrons. The molecule has 1 fully saturated rings. The lowest BCUT2D eigenvalue weighted by atomic mass is 10.1. The van der Waals surface area contributed by atoms with Crippen molar-refractivity contribution in [3.8, 4) is 0 Å². The Morgan fingerprint density at radius 2 is 2.00 bits per heavy atom. The molecule has 0 saturated carbocycles. The summed E-state index contributed by atoms with van der Waals surface area (Å²) >= 11 is 0.793. The largest absolute Gasteiger partial charge is 0.468 e. The van der Waals surface area contributed by atoms with Gasteiger partial charge in [-0.3, -0.25) is 19.3 Å². The highest BCUT2D eigenvalue weighted by Gasteiger charge is 2.36. The van der Waals surface area contributed by atoms with Crippen LogP contribution >= 0.6 is 11.8 Å². The monoisotopic (exact) mass is 424 g/mol. The predicted octanol–water partition coefficient (Wildman–Crippen LogP) is 4.04. The van der Waals surface area contributed by atoms with Gasteiger partial charge in [-0.1, -0.05) is 18.2 Å². The van der Waals surface area contributed by atoms with Crippen molar-refractivity contribution < 1.29 is 23.5 Å². The number of imide groups is 1. The first-order valence-electron chi connectivity index (χ1n) is 9.10. The van der Waals surface area contributed by atoms with E-state index >= 15 is 0 Å². The maximum Gasteiger partial charge on any atom is 0.325 e. The third kappa shape index (κ3) is 3.99. The Balaban J connectivity index is 1.57. The number of carbonyl (C=O) groups excluding carboxylic acids is 3. The van der Waals surface area contributed by atoms with Crippen molar-refractivity contribution in [1.29, 1.82) is 0 Å². The van der Waals surface area contributed by atoms with Crippen LogP contribution < -0.4 is 0 Å². The first kappa shape index (κ1) is 19.9. The zero-order valence-corrected chi connectivity index (χ0v) is 16.8. The molecule has 3 aromatic rings. The molecule has 0 spiro atoms. The second kappa shape index (κ2) is 8.16. The SMILES string of the molecule is COC(=O)CN1C(=O)S/C(=C\c2ccc3c(ccn3Cc3cccc(F)c3)c2)C1=O. The molecule has 0 N–H and O–H groups in total. The Kier molecular flexibility index (Phi) is 5.41. The number of nitrogens with zero attached hydrogens (tertiary/aromatic N) is 2. The van der Waals surface area contributed by atoms with Crippen molar-refractivity contribution in [2.75, 3.05) is 13.7 Å². The number of halogens is 1. The van der Waals surface area contributed by atoms with Crippen LogP contribution in [0.25, 0.3) is 17.0 Å². The first-order valence-corrected chi connectivity index (χ1v) is 9.92. The molecule has 1 aliphatic heterocycles. The molecule has 2 heterocycles. The van der Waals surface area contributed by atoms with Gasteiger partial charge in [-0.15, -0.1) is 0 Å². The number of esters is 1. The third-order valence-corrected chi connectivity index (χ3v) is 5.63. The lowest BCUT2D eigenvalue weighted by Gasteiger charge is -2.09. The Morgan fingerprint density at radius 1 is 1.17 bits per heavy atom. The highest BCUT2D eigenvalue weighted by atomic mass is 32.2. The number of rotatable bonds is 5. The fourth-order valence-electron chi connectivity index (χ4n) is 3.26. The van der Waals surface area contributed by atoms with Crippen molar-refractivity contribution >= 4 is 45.9 Å². The molecule has 6 nitrogen and oxygen atoms in total. The molecule has 30 heavy (non-hydrogen) atoms. The molecule has 0 unspecified atom stereocenters. The van der Waals surface area contributed by atoms with E-state index < -0.39 is 23.7 Å². The molecule has 2 amide bonds. The summed E-state index contributed by atoms with van der Waals surface area (Å²) in [6.45, 7) is 0.132. The number of methoxy groups -OCH3 is 1. The van der Waals surface area contributed by atoms with Crippen LogP contribution in [-0.2, 0) is 20.9 Å². The van der Waals surface area contributed by atoms with Crippen LogP contribution in [0.2, 0.25) is 0 Å². The van der Waals surface area contributed by atoms with Crippen molar-refractivity contribution in [3.63, 3.8) is 0 Å². The van der Waals surface area contributed by atoms with Gasteiger partial charge in [0, 0.05) is 23.6 Å². The number of fused-ring (bicyclic) bond motifs is 1. The van der Waals surface area contributed by atoms with Gasteiger partial charge in [0.25, 0.3) is 11.1 Å². The number of thioether (sulfide) groups is 1. The smallest absolute Gasteiger partial charge is 0.325 e. The predicted molar refractivity (Wildman–Crippen MR) is 112 cm³/mol. The van der Waals surface area contributed by atoms with E-state index in [1.165, 1.54) is 19.2 Å². The van der Waals surface area contributed by atoms with E-state index in [9.17, 15) is 18.8 Å². The minimum Gasteiger partial charge on any atom is -0.468 e. The lowest BCUT2D eigenvalue weighted by molar-refractivity contribution is -0.143. The standard InChI is InChI=1S/C22H17FN2O4S/c1-29-20(26)13-25-21(27)19(30-22(25)28)11-14-5-6-18-16(9-14)7-8-24(18)12-15-3-2-4-17(23)10-15/h2-11H,12-13H2,1H3/b19-11-. The van der Waals surface area contributed by atoms with Crippen molar-refractivity contribution in [3.05, 3.63) is 76.6 Å². The van der Waals surface area contributed by atoms with Crippen LogP contribution in [0.1, 0.15) is 11.1 Å². The summed E-state index contributed by atoms with van der Waals surface area (Å²) in [7, 11) is 1.20. The zero-order valence-electron chi connectivity index (χ0n) is 16.0. The van der Waals surface area contributed by atoms with Crippen molar-refractivity contribution in [2.45, 2.75) is 6.54 Å². The second-order valence-electron chi connectivity index (χ2n) is 6.74. The van der Waals surface area contributed by atoms with Gasteiger partial charge in [0.05, 0.1) is 12.0 Å². The molecule has 0 atom stereocenters. The van der Waals surface area contributed by atoms with Gasteiger partial charge in [0.2, 0.25) is 0 Å². The molecule has 152 valence electrons. The summed E-state index contributed by atoms with van der Waals surface area (Å²) < 4.78 is 20.0. The number of benzene rings is 2. The Bertz CT molecular complexity index is 1200. The van der Waals surface area contributed by atoms with E-state index in [-0.39, 0.29) is 10.7 Å².